The molecule has 1 aromatic rings. The Morgan fingerprint density at radius 3 is 2.50 bits per heavy atom. The molecule has 2 nitrogen and oxygen atoms in total. The first-order valence-corrected chi connectivity index (χ1v) is 7.71. The van der Waals surface area contributed by atoms with E-state index in [0.29, 0.717) is 5.92 Å². The largest absolute Gasteiger partial charge is 0.305 e. The first kappa shape index (κ1) is 15.3. The van der Waals surface area contributed by atoms with Gasteiger partial charge in [0.25, 0.3) is 0 Å². The number of benzene rings is 1. The number of hydrogen-bond donors (Lipinski definition) is 0. The molecule has 1 aliphatic heterocycles. The summed E-state index contributed by atoms with van der Waals surface area (Å²) in [7, 11) is 4.36. The summed E-state index contributed by atoms with van der Waals surface area (Å²) >= 11 is 0. The molecule has 2 rings (SSSR count). The van der Waals surface area contributed by atoms with Gasteiger partial charge in [-0.2, -0.15) is 0 Å². The van der Waals surface area contributed by atoms with Crippen molar-refractivity contribution in [1.82, 2.24) is 9.80 Å². The van der Waals surface area contributed by atoms with Crippen LogP contribution in [0.25, 0.3) is 6.08 Å². The molecule has 110 valence electrons. The molecule has 1 atom stereocenters. The van der Waals surface area contributed by atoms with E-state index in [1.807, 2.05) is 0 Å². The molecule has 0 bridgehead atoms. The predicted molar refractivity (Wildman–Crippen MR) is 88.1 cm³/mol. The van der Waals surface area contributed by atoms with E-state index in [2.05, 4.69) is 74.2 Å². The van der Waals surface area contributed by atoms with Gasteiger partial charge in [-0.3, -0.25) is 4.90 Å². The van der Waals surface area contributed by atoms with Crippen molar-refractivity contribution in [3.63, 3.8) is 0 Å². The third-order valence-corrected chi connectivity index (χ3v) is 4.25. The zero-order valence-electron chi connectivity index (χ0n) is 13.3. The molecule has 0 aliphatic carbocycles. The SMILES string of the molecule is CC(C)c1ccc(/C=C/CN2CCC(N(C)C)C2)cc1. The summed E-state index contributed by atoms with van der Waals surface area (Å²) in [5, 5.41) is 0. The van der Waals surface area contributed by atoms with Gasteiger partial charge in [-0.25, -0.2) is 0 Å². The molecular formula is C18H28N2. The number of likely N-dealkylation sites (N-methyl/N-ethyl adjacent to an activating group) is 1. The quantitative estimate of drug-likeness (QED) is 0.810. The number of rotatable bonds is 5. The van der Waals surface area contributed by atoms with Gasteiger partial charge in [0.15, 0.2) is 0 Å². The van der Waals surface area contributed by atoms with Gasteiger partial charge in [0.05, 0.1) is 0 Å². The summed E-state index contributed by atoms with van der Waals surface area (Å²) < 4.78 is 0. The maximum atomic E-state index is 2.53. The molecule has 0 saturated carbocycles. The first-order valence-electron chi connectivity index (χ1n) is 7.71. The van der Waals surface area contributed by atoms with Crippen molar-refractivity contribution in [3.05, 3.63) is 41.5 Å². The van der Waals surface area contributed by atoms with Crippen molar-refractivity contribution < 1.29 is 0 Å². The van der Waals surface area contributed by atoms with Crippen molar-refractivity contribution in [2.75, 3.05) is 33.7 Å². The van der Waals surface area contributed by atoms with Crippen molar-refractivity contribution >= 4 is 6.08 Å². The number of nitrogens with zero attached hydrogens (tertiary/aromatic N) is 2. The minimum Gasteiger partial charge on any atom is -0.305 e. The molecule has 1 aliphatic rings. The molecule has 0 amide bonds. The van der Waals surface area contributed by atoms with Gasteiger partial charge < -0.3 is 4.90 Å². The van der Waals surface area contributed by atoms with Crippen LogP contribution in [0.1, 0.15) is 37.3 Å². The summed E-state index contributed by atoms with van der Waals surface area (Å²) in [4.78, 5) is 4.87. The lowest BCUT2D eigenvalue weighted by Crippen LogP contribution is -2.31. The molecule has 1 aromatic carbocycles. The Hall–Kier alpha value is -1.12. The maximum Gasteiger partial charge on any atom is 0.0229 e. The molecule has 0 radical (unpaired) electrons. The van der Waals surface area contributed by atoms with Crippen LogP contribution in [0, 0.1) is 0 Å². The lowest BCUT2D eigenvalue weighted by Gasteiger charge is -2.19. The van der Waals surface area contributed by atoms with Crippen LogP contribution < -0.4 is 0 Å². The third-order valence-electron chi connectivity index (χ3n) is 4.25. The Balaban J connectivity index is 1.82. The van der Waals surface area contributed by atoms with Crippen LogP contribution in [0.4, 0.5) is 0 Å². The molecule has 1 fully saturated rings. The zero-order valence-corrected chi connectivity index (χ0v) is 13.3. The standard InChI is InChI=1S/C18H28N2/c1-15(2)17-9-7-16(8-10-17)6-5-12-20-13-11-18(14-20)19(3)4/h5-10,15,18H,11-14H2,1-4H3/b6-5+. The highest BCUT2D eigenvalue weighted by atomic mass is 15.2. The molecule has 2 heteroatoms. The number of likely N-dealkylation sites (tertiary alicyclic amines) is 1. The smallest absolute Gasteiger partial charge is 0.0229 e. The minimum absolute atomic E-state index is 0.612. The van der Waals surface area contributed by atoms with Crippen LogP contribution in [0.15, 0.2) is 30.3 Å². The van der Waals surface area contributed by atoms with Crippen LogP contribution in [0.3, 0.4) is 0 Å². The van der Waals surface area contributed by atoms with Crippen LogP contribution in [-0.4, -0.2) is 49.6 Å². The number of hydrogen-bond acceptors (Lipinski definition) is 2. The van der Waals surface area contributed by atoms with Gasteiger partial charge in [0, 0.05) is 25.7 Å². The molecule has 0 aromatic heterocycles. The highest BCUT2D eigenvalue weighted by Crippen LogP contribution is 2.16. The highest BCUT2D eigenvalue weighted by Gasteiger charge is 2.22. The normalized spacial score (nSPS) is 20.6. The van der Waals surface area contributed by atoms with E-state index in [1.165, 1.54) is 30.6 Å². The second-order valence-corrected chi connectivity index (χ2v) is 6.39. The lowest BCUT2D eigenvalue weighted by atomic mass is 10.0. The monoisotopic (exact) mass is 272 g/mol. The van der Waals surface area contributed by atoms with Gasteiger partial charge in [-0.05, 0) is 37.6 Å². The summed E-state index contributed by atoms with van der Waals surface area (Å²) in [5.41, 5.74) is 2.72. The van der Waals surface area contributed by atoms with E-state index in [1.54, 1.807) is 0 Å². The van der Waals surface area contributed by atoms with Crippen LogP contribution in [0.5, 0.6) is 0 Å². The van der Waals surface area contributed by atoms with E-state index in [-0.39, 0.29) is 0 Å². The fourth-order valence-electron chi connectivity index (χ4n) is 2.73. The average molecular weight is 272 g/mol. The minimum atomic E-state index is 0.612. The fourth-order valence-corrected chi connectivity index (χ4v) is 2.73. The van der Waals surface area contributed by atoms with Gasteiger partial charge in [-0.15, -0.1) is 0 Å². The molecular weight excluding hydrogens is 244 g/mol. The van der Waals surface area contributed by atoms with Crippen molar-refractivity contribution in [2.24, 2.45) is 0 Å². The molecule has 0 spiro atoms. The first-order chi connectivity index (χ1) is 9.56. The van der Waals surface area contributed by atoms with Gasteiger partial charge >= 0.3 is 0 Å². The van der Waals surface area contributed by atoms with Gasteiger partial charge in [0.1, 0.15) is 0 Å². The maximum absolute atomic E-state index is 2.53. The summed E-state index contributed by atoms with van der Waals surface area (Å²) in [6.45, 7) is 7.96. The van der Waals surface area contributed by atoms with Gasteiger partial charge in [0.2, 0.25) is 0 Å². The Labute approximate surface area is 124 Å². The topological polar surface area (TPSA) is 6.48 Å². The molecule has 1 unspecified atom stereocenters. The highest BCUT2D eigenvalue weighted by molar-refractivity contribution is 5.50. The van der Waals surface area contributed by atoms with E-state index in [9.17, 15) is 0 Å². The predicted octanol–water partition coefficient (Wildman–Crippen LogP) is 3.46. The Morgan fingerprint density at radius 1 is 1.25 bits per heavy atom. The van der Waals surface area contributed by atoms with Crippen molar-refractivity contribution in [2.45, 2.75) is 32.2 Å². The second kappa shape index (κ2) is 7.05. The fraction of sp³-hybridized carbons (Fsp3) is 0.556. The summed E-state index contributed by atoms with van der Waals surface area (Å²) in [6, 6.07) is 9.65. The van der Waals surface area contributed by atoms with E-state index >= 15 is 0 Å². The lowest BCUT2D eigenvalue weighted by molar-refractivity contribution is 0.280. The summed E-state index contributed by atoms with van der Waals surface area (Å²) in [5.74, 6) is 0.612. The molecule has 1 saturated heterocycles. The van der Waals surface area contributed by atoms with Crippen LogP contribution >= 0.6 is 0 Å². The van der Waals surface area contributed by atoms with E-state index in [0.717, 1.165) is 12.6 Å². The Morgan fingerprint density at radius 2 is 1.95 bits per heavy atom. The molecule has 20 heavy (non-hydrogen) atoms. The zero-order chi connectivity index (χ0) is 14.5. The Kier molecular flexibility index (Phi) is 5.38. The molecule has 1 heterocycles. The van der Waals surface area contributed by atoms with E-state index in [4.69, 9.17) is 0 Å². The molecule has 0 N–H and O–H groups in total. The van der Waals surface area contributed by atoms with Crippen molar-refractivity contribution in [3.8, 4) is 0 Å². The van der Waals surface area contributed by atoms with Crippen LogP contribution in [-0.2, 0) is 0 Å². The van der Waals surface area contributed by atoms with Crippen LogP contribution in [0.2, 0.25) is 0 Å². The third kappa shape index (κ3) is 4.19. The average Bonchev–Trinajstić information content (AvgIpc) is 2.88. The second-order valence-electron chi connectivity index (χ2n) is 6.39. The van der Waals surface area contributed by atoms with Gasteiger partial charge in [-0.1, -0.05) is 50.3 Å². The van der Waals surface area contributed by atoms with E-state index < -0.39 is 0 Å². The Bertz CT molecular complexity index is 431. The summed E-state index contributed by atoms with van der Waals surface area (Å²) in [6.07, 6.45) is 5.83. The van der Waals surface area contributed by atoms with Crippen molar-refractivity contribution in [1.29, 1.82) is 0 Å².